The average Bonchev–Trinajstić information content (AvgIpc) is 3.24. The maximum atomic E-state index is 5.85. The summed E-state index contributed by atoms with van der Waals surface area (Å²) in [6.07, 6.45) is 6.91. The fourth-order valence-corrected chi connectivity index (χ4v) is 2.96. The summed E-state index contributed by atoms with van der Waals surface area (Å²) >= 11 is 0. The molecule has 25 heavy (non-hydrogen) atoms. The number of rotatable bonds is 2. The SMILES string of the molecule is Nc1cncc(-c2ccc3[nH]nc(-c4nc5ccncc5[nH]4)c3c2)c1. The maximum absolute atomic E-state index is 5.85. The summed E-state index contributed by atoms with van der Waals surface area (Å²) in [5.41, 5.74) is 11.9. The third-order valence-corrected chi connectivity index (χ3v) is 4.16. The van der Waals surface area contributed by atoms with Crippen molar-refractivity contribution in [1.82, 2.24) is 30.1 Å². The van der Waals surface area contributed by atoms with E-state index < -0.39 is 0 Å². The van der Waals surface area contributed by atoms with Crippen LogP contribution in [0, 0.1) is 0 Å². The molecule has 4 heterocycles. The van der Waals surface area contributed by atoms with Gasteiger partial charge in [0.25, 0.3) is 0 Å². The molecule has 0 fully saturated rings. The fourth-order valence-electron chi connectivity index (χ4n) is 2.96. The van der Waals surface area contributed by atoms with E-state index >= 15 is 0 Å². The van der Waals surface area contributed by atoms with E-state index in [9.17, 15) is 0 Å². The summed E-state index contributed by atoms with van der Waals surface area (Å²) in [6.45, 7) is 0. The molecule has 0 aliphatic heterocycles. The van der Waals surface area contributed by atoms with Crippen molar-refractivity contribution in [2.75, 3.05) is 5.73 Å². The number of nitrogen functional groups attached to an aromatic ring is 1. The van der Waals surface area contributed by atoms with Crippen molar-refractivity contribution in [2.45, 2.75) is 0 Å². The van der Waals surface area contributed by atoms with Crippen LogP contribution in [0.1, 0.15) is 0 Å². The molecule has 0 atom stereocenters. The number of hydrogen-bond acceptors (Lipinski definition) is 5. The highest BCUT2D eigenvalue weighted by Gasteiger charge is 2.13. The highest BCUT2D eigenvalue weighted by molar-refractivity contribution is 5.95. The number of nitrogens with two attached hydrogens (primary N) is 1. The van der Waals surface area contributed by atoms with Gasteiger partial charge in [-0.1, -0.05) is 6.07 Å². The molecule has 0 unspecified atom stereocenters. The van der Waals surface area contributed by atoms with Crippen molar-refractivity contribution in [1.29, 1.82) is 0 Å². The van der Waals surface area contributed by atoms with Gasteiger partial charge < -0.3 is 10.7 Å². The predicted molar refractivity (Wildman–Crippen MR) is 96.6 cm³/mol. The topological polar surface area (TPSA) is 109 Å². The van der Waals surface area contributed by atoms with E-state index in [4.69, 9.17) is 5.73 Å². The lowest BCUT2D eigenvalue weighted by Crippen LogP contribution is -1.88. The van der Waals surface area contributed by atoms with E-state index in [2.05, 4.69) is 36.2 Å². The molecule has 120 valence electrons. The number of pyridine rings is 2. The first kappa shape index (κ1) is 13.7. The molecule has 0 amide bonds. The van der Waals surface area contributed by atoms with Gasteiger partial charge in [0.15, 0.2) is 5.82 Å². The second-order valence-corrected chi connectivity index (χ2v) is 5.82. The van der Waals surface area contributed by atoms with Gasteiger partial charge in [0.1, 0.15) is 5.69 Å². The molecule has 5 rings (SSSR count). The van der Waals surface area contributed by atoms with Crippen LogP contribution in [0.25, 0.3) is 44.6 Å². The van der Waals surface area contributed by atoms with E-state index in [0.29, 0.717) is 11.5 Å². The summed E-state index contributed by atoms with van der Waals surface area (Å²) in [4.78, 5) is 16.2. The van der Waals surface area contributed by atoms with E-state index in [1.54, 1.807) is 24.8 Å². The Hall–Kier alpha value is -3.74. The molecule has 4 aromatic heterocycles. The molecule has 0 bridgehead atoms. The van der Waals surface area contributed by atoms with Gasteiger partial charge in [0, 0.05) is 29.5 Å². The minimum absolute atomic E-state index is 0.634. The average molecular weight is 327 g/mol. The van der Waals surface area contributed by atoms with Crippen LogP contribution in [0.3, 0.4) is 0 Å². The standard InChI is InChI=1S/C18H13N7/c19-12-5-11(7-21-8-12)10-1-2-14-13(6-10)17(25-24-14)18-22-15-3-4-20-9-16(15)23-18/h1-9H,19H2,(H,22,23)(H,24,25). The number of aromatic amines is 2. The molecular formula is C18H13N7. The Morgan fingerprint density at radius 2 is 1.84 bits per heavy atom. The van der Waals surface area contributed by atoms with E-state index in [1.807, 2.05) is 24.3 Å². The molecule has 1 aromatic carbocycles. The Morgan fingerprint density at radius 1 is 0.880 bits per heavy atom. The maximum Gasteiger partial charge on any atom is 0.159 e. The van der Waals surface area contributed by atoms with E-state index in [0.717, 1.165) is 38.8 Å². The van der Waals surface area contributed by atoms with Gasteiger partial charge in [-0.05, 0) is 29.8 Å². The summed E-state index contributed by atoms with van der Waals surface area (Å²) in [5.74, 6) is 0.706. The van der Waals surface area contributed by atoms with Crippen LogP contribution in [0.5, 0.6) is 0 Å². The molecule has 0 spiro atoms. The zero-order valence-corrected chi connectivity index (χ0v) is 13.1. The Morgan fingerprint density at radius 3 is 2.72 bits per heavy atom. The summed E-state index contributed by atoms with van der Waals surface area (Å²) in [6, 6.07) is 9.85. The lowest BCUT2D eigenvalue weighted by Gasteiger charge is -2.03. The lowest BCUT2D eigenvalue weighted by atomic mass is 10.0. The number of imidazole rings is 1. The zero-order chi connectivity index (χ0) is 16.8. The Bertz CT molecular complexity index is 1190. The molecule has 0 aliphatic carbocycles. The van der Waals surface area contributed by atoms with Gasteiger partial charge in [-0.2, -0.15) is 5.10 Å². The lowest BCUT2D eigenvalue weighted by molar-refractivity contribution is 1.11. The minimum Gasteiger partial charge on any atom is -0.397 e. The molecular weight excluding hydrogens is 314 g/mol. The quantitative estimate of drug-likeness (QED) is 0.461. The normalized spacial score (nSPS) is 11.4. The zero-order valence-electron chi connectivity index (χ0n) is 13.1. The van der Waals surface area contributed by atoms with E-state index in [-0.39, 0.29) is 0 Å². The largest absolute Gasteiger partial charge is 0.397 e. The van der Waals surface area contributed by atoms with Crippen LogP contribution < -0.4 is 5.73 Å². The number of nitrogens with zero attached hydrogens (tertiary/aromatic N) is 4. The van der Waals surface area contributed by atoms with Crippen molar-refractivity contribution >= 4 is 27.6 Å². The molecule has 4 N–H and O–H groups in total. The number of hydrogen-bond donors (Lipinski definition) is 3. The first-order chi connectivity index (χ1) is 12.3. The van der Waals surface area contributed by atoms with Gasteiger partial charge in [-0.3, -0.25) is 15.1 Å². The number of H-pyrrole nitrogens is 2. The third-order valence-electron chi connectivity index (χ3n) is 4.16. The molecule has 7 nitrogen and oxygen atoms in total. The molecule has 0 saturated carbocycles. The molecule has 0 aliphatic rings. The van der Waals surface area contributed by atoms with Crippen molar-refractivity contribution in [3.8, 4) is 22.6 Å². The monoisotopic (exact) mass is 327 g/mol. The Labute approximate surface area is 142 Å². The van der Waals surface area contributed by atoms with Gasteiger partial charge in [-0.25, -0.2) is 4.98 Å². The smallest absolute Gasteiger partial charge is 0.159 e. The van der Waals surface area contributed by atoms with Crippen LogP contribution in [0.15, 0.2) is 55.1 Å². The number of aromatic nitrogens is 6. The van der Waals surface area contributed by atoms with Crippen LogP contribution in [-0.2, 0) is 0 Å². The Balaban J connectivity index is 1.70. The van der Waals surface area contributed by atoms with Crippen molar-refractivity contribution < 1.29 is 0 Å². The third kappa shape index (κ3) is 2.21. The second-order valence-electron chi connectivity index (χ2n) is 5.82. The van der Waals surface area contributed by atoms with E-state index in [1.165, 1.54) is 0 Å². The van der Waals surface area contributed by atoms with Crippen LogP contribution in [-0.4, -0.2) is 30.1 Å². The van der Waals surface area contributed by atoms with Crippen LogP contribution >= 0.6 is 0 Å². The molecule has 0 saturated heterocycles. The summed E-state index contributed by atoms with van der Waals surface area (Å²) < 4.78 is 0. The van der Waals surface area contributed by atoms with Crippen molar-refractivity contribution in [3.63, 3.8) is 0 Å². The molecule has 5 aromatic rings. The van der Waals surface area contributed by atoms with Gasteiger partial charge >= 0.3 is 0 Å². The summed E-state index contributed by atoms with van der Waals surface area (Å²) in [5, 5.41) is 8.47. The minimum atomic E-state index is 0.634. The number of benzene rings is 1. The van der Waals surface area contributed by atoms with Crippen molar-refractivity contribution in [3.05, 3.63) is 55.1 Å². The highest BCUT2D eigenvalue weighted by Crippen LogP contribution is 2.30. The highest BCUT2D eigenvalue weighted by atomic mass is 15.1. The first-order valence-corrected chi connectivity index (χ1v) is 7.77. The van der Waals surface area contributed by atoms with Gasteiger partial charge in [-0.15, -0.1) is 0 Å². The molecule has 0 radical (unpaired) electrons. The number of nitrogens with one attached hydrogen (secondary N) is 2. The van der Waals surface area contributed by atoms with Crippen LogP contribution in [0.2, 0.25) is 0 Å². The molecule has 7 heteroatoms. The van der Waals surface area contributed by atoms with Crippen molar-refractivity contribution in [2.24, 2.45) is 0 Å². The van der Waals surface area contributed by atoms with Gasteiger partial charge in [0.05, 0.1) is 28.4 Å². The summed E-state index contributed by atoms with van der Waals surface area (Å²) in [7, 11) is 0. The fraction of sp³-hybridized carbons (Fsp3) is 0. The van der Waals surface area contributed by atoms with Gasteiger partial charge in [0.2, 0.25) is 0 Å². The predicted octanol–water partition coefficient (Wildman–Crippen LogP) is 3.15. The Kier molecular flexibility index (Phi) is 2.81. The second kappa shape index (κ2) is 5.13. The number of anilines is 1. The first-order valence-electron chi connectivity index (χ1n) is 7.77. The number of fused-ring (bicyclic) bond motifs is 2. The van der Waals surface area contributed by atoms with Crippen LogP contribution in [0.4, 0.5) is 5.69 Å².